The monoisotopic (exact) mass is 184 g/mol. The number of aliphatic hydroxyl groups excluding tert-OH is 1. The van der Waals surface area contributed by atoms with Gasteiger partial charge in [0.1, 0.15) is 0 Å². The van der Waals surface area contributed by atoms with Crippen molar-refractivity contribution in [2.45, 2.75) is 18.4 Å². The standard InChI is InChI=1S/C5H8O.C4H4OS/c1-2-3-4-5-6;6-4-2-1-3-5-4/h6H,4-5H2,1H3;1-3,6H. The van der Waals surface area contributed by atoms with Crippen LogP contribution in [0.15, 0.2) is 27.9 Å². The number of hydrogen-bond acceptors (Lipinski definition) is 3. The molecule has 0 atom stereocenters. The fourth-order valence-electron chi connectivity index (χ4n) is 0.451. The summed E-state index contributed by atoms with van der Waals surface area (Å²) in [6.07, 6.45) is 2.19. The summed E-state index contributed by atoms with van der Waals surface area (Å²) in [6, 6.07) is 3.57. The highest BCUT2D eigenvalue weighted by Crippen LogP contribution is 2.02. The van der Waals surface area contributed by atoms with Crippen molar-refractivity contribution < 1.29 is 9.52 Å². The van der Waals surface area contributed by atoms with E-state index in [-0.39, 0.29) is 6.61 Å². The maximum absolute atomic E-state index is 8.09. The van der Waals surface area contributed by atoms with Crippen molar-refractivity contribution in [3.05, 3.63) is 18.4 Å². The van der Waals surface area contributed by atoms with Crippen LogP contribution in [0.4, 0.5) is 0 Å². The van der Waals surface area contributed by atoms with Crippen molar-refractivity contribution >= 4 is 12.6 Å². The van der Waals surface area contributed by atoms with Crippen molar-refractivity contribution in [3.63, 3.8) is 0 Å². The van der Waals surface area contributed by atoms with E-state index in [1.165, 1.54) is 0 Å². The lowest BCUT2D eigenvalue weighted by Gasteiger charge is -1.72. The second kappa shape index (κ2) is 8.25. The highest BCUT2D eigenvalue weighted by molar-refractivity contribution is 7.80. The maximum atomic E-state index is 8.09. The van der Waals surface area contributed by atoms with Gasteiger partial charge in [-0.25, -0.2) is 0 Å². The largest absolute Gasteiger partial charge is 0.458 e. The molecule has 1 N–H and O–H groups in total. The van der Waals surface area contributed by atoms with Gasteiger partial charge >= 0.3 is 0 Å². The van der Waals surface area contributed by atoms with Crippen molar-refractivity contribution in [2.24, 2.45) is 0 Å². The molecule has 0 saturated heterocycles. The van der Waals surface area contributed by atoms with E-state index in [4.69, 9.17) is 9.52 Å². The van der Waals surface area contributed by atoms with E-state index in [1.54, 1.807) is 25.3 Å². The maximum Gasteiger partial charge on any atom is 0.156 e. The van der Waals surface area contributed by atoms with Gasteiger partial charge in [0, 0.05) is 6.42 Å². The molecule has 0 aliphatic heterocycles. The molecule has 1 heterocycles. The van der Waals surface area contributed by atoms with Gasteiger partial charge in [-0.15, -0.1) is 24.5 Å². The summed E-state index contributed by atoms with van der Waals surface area (Å²) in [5.74, 6) is 5.36. The molecule has 0 bridgehead atoms. The first-order valence-electron chi connectivity index (χ1n) is 3.54. The fraction of sp³-hybridized carbons (Fsp3) is 0.333. The van der Waals surface area contributed by atoms with Crippen LogP contribution < -0.4 is 0 Å². The smallest absolute Gasteiger partial charge is 0.156 e. The van der Waals surface area contributed by atoms with E-state index in [2.05, 4.69) is 24.5 Å². The Balaban J connectivity index is 0.000000202. The highest BCUT2D eigenvalue weighted by atomic mass is 32.1. The van der Waals surface area contributed by atoms with Crippen molar-refractivity contribution in [2.75, 3.05) is 6.61 Å². The molecule has 1 rings (SSSR count). The Morgan fingerprint density at radius 1 is 1.67 bits per heavy atom. The van der Waals surface area contributed by atoms with E-state index in [0.717, 1.165) is 0 Å². The van der Waals surface area contributed by atoms with Gasteiger partial charge in [0.15, 0.2) is 5.09 Å². The third kappa shape index (κ3) is 7.26. The van der Waals surface area contributed by atoms with Crippen LogP contribution >= 0.6 is 12.6 Å². The average Bonchev–Trinajstić information content (AvgIpc) is 2.53. The van der Waals surface area contributed by atoms with E-state index in [1.807, 2.05) is 0 Å². The normalized spacial score (nSPS) is 7.58. The zero-order chi connectivity index (χ0) is 9.23. The van der Waals surface area contributed by atoms with Crippen LogP contribution in [0.25, 0.3) is 0 Å². The summed E-state index contributed by atoms with van der Waals surface area (Å²) in [6.45, 7) is 1.94. The van der Waals surface area contributed by atoms with E-state index >= 15 is 0 Å². The van der Waals surface area contributed by atoms with Gasteiger partial charge in [-0.3, -0.25) is 0 Å². The number of thiol groups is 1. The minimum absolute atomic E-state index is 0.181. The van der Waals surface area contributed by atoms with Gasteiger partial charge in [0.25, 0.3) is 0 Å². The number of aliphatic hydroxyl groups is 1. The summed E-state index contributed by atoms with van der Waals surface area (Å²) < 4.78 is 4.70. The molecule has 0 fully saturated rings. The summed E-state index contributed by atoms with van der Waals surface area (Å²) in [4.78, 5) is 0. The van der Waals surface area contributed by atoms with Crippen molar-refractivity contribution in [1.29, 1.82) is 0 Å². The lowest BCUT2D eigenvalue weighted by Crippen LogP contribution is -1.73. The zero-order valence-corrected chi connectivity index (χ0v) is 7.84. The molecule has 0 aliphatic rings. The quantitative estimate of drug-likeness (QED) is 0.516. The first-order valence-corrected chi connectivity index (χ1v) is 3.99. The average molecular weight is 184 g/mol. The van der Waals surface area contributed by atoms with Gasteiger partial charge in [0.2, 0.25) is 0 Å². The summed E-state index contributed by atoms with van der Waals surface area (Å²) >= 11 is 3.87. The topological polar surface area (TPSA) is 33.4 Å². The number of hydrogen-bond donors (Lipinski definition) is 2. The third-order valence-electron chi connectivity index (χ3n) is 0.920. The first-order chi connectivity index (χ1) is 5.81. The van der Waals surface area contributed by atoms with Crippen LogP contribution in [0, 0.1) is 11.8 Å². The van der Waals surface area contributed by atoms with Crippen LogP contribution in [0.1, 0.15) is 13.3 Å². The summed E-state index contributed by atoms with van der Waals surface area (Å²) in [7, 11) is 0. The van der Waals surface area contributed by atoms with Gasteiger partial charge in [-0.05, 0) is 19.1 Å². The fourth-order valence-corrected chi connectivity index (χ4v) is 0.598. The summed E-state index contributed by atoms with van der Waals surface area (Å²) in [5, 5.41) is 8.76. The highest BCUT2D eigenvalue weighted by Gasteiger charge is 1.77. The molecule has 1 aromatic heterocycles. The van der Waals surface area contributed by atoms with E-state index in [0.29, 0.717) is 11.5 Å². The molecule has 2 nitrogen and oxygen atoms in total. The lowest BCUT2D eigenvalue weighted by atomic mass is 10.5. The Kier molecular flexibility index (Phi) is 7.66. The molecule has 3 heteroatoms. The second-order valence-electron chi connectivity index (χ2n) is 1.85. The summed E-state index contributed by atoms with van der Waals surface area (Å²) in [5.41, 5.74) is 0. The predicted molar refractivity (Wildman–Crippen MR) is 51.1 cm³/mol. The zero-order valence-electron chi connectivity index (χ0n) is 6.95. The molecule has 0 aromatic carbocycles. The Hall–Kier alpha value is -0.850. The molecule has 1 aromatic rings. The molecule has 0 amide bonds. The minimum Gasteiger partial charge on any atom is -0.458 e. The Labute approximate surface area is 78.0 Å². The molecule has 0 radical (unpaired) electrons. The molecular weight excluding hydrogens is 172 g/mol. The van der Waals surface area contributed by atoms with Crippen LogP contribution in [-0.4, -0.2) is 11.7 Å². The van der Waals surface area contributed by atoms with Crippen LogP contribution in [0.5, 0.6) is 0 Å². The van der Waals surface area contributed by atoms with E-state index < -0.39 is 0 Å². The molecule has 12 heavy (non-hydrogen) atoms. The van der Waals surface area contributed by atoms with Crippen LogP contribution in [0.2, 0.25) is 0 Å². The molecule has 66 valence electrons. The van der Waals surface area contributed by atoms with Gasteiger partial charge < -0.3 is 9.52 Å². The van der Waals surface area contributed by atoms with Crippen LogP contribution in [-0.2, 0) is 0 Å². The van der Waals surface area contributed by atoms with Crippen LogP contribution in [0.3, 0.4) is 0 Å². The molecule has 0 aliphatic carbocycles. The lowest BCUT2D eigenvalue weighted by molar-refractivity contribution is 0.305. The predicted octanol–water partition coefficient (Wildman–Crippen LogP) is 1.96. The van der Waals surface area contributed by atoms with Gasteiger partial charge in [-0.1, -0.05) is 0 Å². The Bertz CT molecular complexity index is 231. The van der Waals surface area contributed by atoms with Gasteiger partial charge in [-0.2, -0.15) is 0 Å². The molecular formula is C9H12O2S. The molecule has 0 saturated carbocycles. The first kappa shape index (κ1) is 11.2. The van der Waals surface area contributed by atoms with E-state index in [9.17, 15) is 0 Å². The molecule has 0 spiro atoms. The Morgan fingerprint density at radius 3 is 2.58 bits per heavy atom. The van der Waals surface area contributed by atoms with Crippen molar-refractivity contribution in [1.82, 2.24) is 0 Å². The minimum atomic E-state index is 0.181. The Morgan fingerprint density at radius 2 is 2.42 bits per heavy atom. The van der Waals surface area contributed by atoms with Crippen molar-refractivity contribution in [3.8, 4) is 11.8 Å². The van der Waals surface area contributed by atoms with Gasteiger partial charge in [0.05, 0.1) is 12.9 Å². The second-order valence-corrected chi connectivity index (χ2v) is 2.29. The third-order valence-corrected chi connectivity index (χ3v) is 1.17. The SMILES string of the molecule is CC#CCCO.Sc1ccco1. The molecule has 0 unspecified atom stereocenters. The number of rotatable bonds is 1. The number of furan rings is 1.